The van der Waals surface area contributed by atoms with Gasteiger partial charge in [0.2, 0.25) is 10.0 Å². The molecule has 1 aliphatic heterocycles. The number of hydrogen-bond acceptors (Lipinski definition) is 3. The van der Waals surface area contributed by atoms with E-state index < -0.39 is 10.0 Å². The molecule has 1 saturated heterocycles. The van der Waals surface area contributed by atoms with Crippen LogP contribution < -0.4 is 5.32 Å². The lowest BCUT2D eigenvalue weighted by Gasteiger charge is -2.31. The van der Waals surface area contributed by atoms with Crippen LogP contribution >= 0.6 is 11.6 Å². The first-order valence-electron chi connectivity index (χ1n) is 10.6. The third-order valence-corrected chi connectivity index (χ3v) is 8.01. The minimum Gasteiger partial charge on any atom is -0.381 e. The van der Waals surface area contributed by atoms with Gasteiger partial charge in [-0.1, -0.05) is 54.1 Å². The Hall–Kier alpha value is -2.34. The molecule has 1 fully saturated rings. The fourth-order valence-corrected chi connectivity index (χ4v) is 5.60. The minimum absolute atomic E-state index is 0.353. The van der Waals surface area contributed by atoms with Gasteiger partial charge >= 0.3 is 0 Å². The monoisotopic (exact) mass is 454 g/mol. The van der Waals surface area contributed by atoms with E-state index in [4.69, 9.17) is 11.6 Å². The summed E-state index contributed by atoms with van der Waals surface area (Å²) in [4.78, 5) is 0.353. The van der Waals surface area contributed by atoms with Crippen LogP contribution in [0.2, 0.25) is 5.02 Å². The number of halogens is 1. The van der Waals surface area contributed by atoms with Crippen LogP contribution in [0.25, 0.3) is 0 Å². The molecule has 4 nitrogen and oxygen atoms in total. The molecular weight excluding hydrogens is 428 g/mol. The Morgan fingerprint density at radius 3 is 2.13 bits per heavy atom. The van der Waals surface area contributed by atoms with Gasteiger partial charge in [0.15, 0.2) is 0 Å². The lowest BCUT2D eigenvalue weighted by Crippen LogP contribution is -2.38. The largest absolute Gasteiger partial charge is 0.381 e. The summed E-state index contributed by atoms with van der Waals surface area (Å²) in [5.41, 5.74) is 3.32. The molecule has 3 aromatic carbocycles. The molecule has 0 aliphatic carbocycles. The van der Waals surface area contributed by atoms with Gasteiger partial charge in [-0.05, 0) is 72.7 Å². The van der Waals surface area contributed by atoms with Gasteiger partial charge in [-0.15, -0.1) is 0 Å². The molecule has 0 radical (unpaired) electrons. The second-order valence-corrected chi connectivity index (χ2v) is 10.4. The highest BCUT2D eigenvalue weighted by molar-refractivity contribution is 7.89. The molecule has 31 heavy (non-hydrogen) atoms. The summed E-state index contributed by atoms with van der Waals surface area (Å²) in [5.74, 6) is 0.535. The Bertz CT molecular complexity index is 1080. The molecule has 1 N–H and O–H groups in total. The number of piperidine rings is 1. The standard InChI is InChI=1S/C25H27ClN2O2S/c26-23-8-6-22(7-9-23)19-27-24-10-12-25(13-11-24)31(29,30)28-16-14-21(15-17-28)18-20-4-2-1-3-5-20/h1-13,21,27H,14-19H2. The van der Waals surface area contributed by atoms with Crippen molar-refractivity contribution in [1.82, 2.24) is 4.31 Å². The van der Waals surface area contributed by atoms with E-state index in [1.165, 1.54) is 5.56 Å². The molecule has 0 atom stereocenters. The van der Waals surface area contributed by atoms with Crippen molar-refractivity contribution >= 4 is 27.3 Å². The molecule has 3 aromatic rings. The molecule has 0 spiro atoms. The van der Waals surface area contributed by atoms with Crippen LogP contribution in [0.4, 0.5) is 5.69 Å². The Morgan fingerprint density at radius 2 is 1.48 bits per heavy atom. The zero-order valence-electron chi connectivity index (χ0n) is 17.4. The summed E-state index contributed by atoms with van der Waals surface area (Å²) < 4.78 is 27.8. The second kappa shape index (κ2) is 9.86. The van der Waals surface area contributed by atoms with Crippen molar-refractivity contribution in [3.05, 3.63) is 95.0 Å². The average Bonchev–Trinajstić information content (AvgIpc) is 2.80. The normalized spacial score (nSPS) is 15.6. The molecular formula is C25H27ClN2O2S. The van der Waals surface area contributed by atoms with Gasteiger partial charge in [0.1, 0.15) is 0 Å². The molecule has 4 rings (SSSR count). The van der Waals surface area contributed by atoms with E-state index in [0.29, 0.717) is 35.5 Å². The van der Waals surface area contributed by atoms with Gasteiger partial charge in [0, 0.05) is 30.3 Å². The summed E-state index contributed by atoms with van der Waals surface area (Å²) in [6.45, 7) is 1.81. The lowest BCUT2D eigenvalue weighted by atomic mass is 9.91. The molecule has 0 bridgehead atoms. The molecule has 6 heteroatoms. The zero-order chi connectivity index (χ0) is 21.7. The SMILES string of the molecule is O=S(=O)(c1ccc(NCc2ccc(Cl)cc2)cc1)N1CCC(Cc2ccccc2)CC1. The fraction of sp³-hybridized carbons (Fsp3) is 0.280. The first-order valence-corrected chi connectivity index (χ1v) is 12.4. The highest BCUT2D eigenvalue weighted by atomic mass is 35.5. The molecule has 0 amide bonds. The predicted octanol–water partition coefficient (Wildman–Crippen LogP) is 5.60. The van der Waals surface area contributed by atoms with Crippen molar-refractivity contribution in [1.29, 1.82) is 0 Å². The van der Waals surface area contributed by atoms with Gasteiger partial charge < -0.3 is 5.32 Å². The summed E-state index contributed by atoms with van der Waals surface area (Å²) >= 11 is 5.92. The second-order valence-electron chi connectivity index (χ2n) is 8.04. The maximum atomic E-state index is 13.1. The first kappa shape index (κ1) is 21.9. The molecule has 162 valence electrons. The van der Waals surface area contributed by atoms with Crippen molar-refractivity contribution in [2.75, 3.05) is 18.4 Å². The fourth-order valence-electron chi connectivity index (χ4n) is 4.00. The predicted molar refractivity (Wildman–Crippen MR) is 127 cm³/mol. The van der Waals surface area contributed by atoms with Crippen molar-refractivity contribution in [3.63, 3.8) is 0 Å². The number of anilines is 1. The first-order chi connectivity index (χ1) is 15.0. The van der Waals surface area contributed by atoms with Gasteiger partial charge in [0.25, 0.3) is 0 Å². The summed E-state index contributed by atoms with van der Waals surface area (Å²) in [5, 5.41) is 4.03. The quantitative estimate of drug-likeness (QED) is 0.505. The van der Waals surface area contributed by atoms with E-state index in [-0.39, 0.29) is 0 Å². The highest BCUT2D eigenvalue weighted by Gasteiger charge is 2.29. The molecule has 0 unspecified atom stereocenters. The Balaban J connectivity index is 1.32. The van der Waals surface area contributed by atoms with Crippen LogP contribution in [0.3, 0.4) is 0 Å². The molecule has 1 heterocycles. The number of rotatable bonds is 7. The molecule has 0 aromatic heterocycles. The molecule has 0 saturated carbocycles. The third kappa shape index (κ3) is 5.67. The Morgan fingerprint density at radius 1 is 0.839 bits per heavy atom. The summed E-state index contributed by atoms with van der Waals surface area (Å²) in [6, 6.07) is 25.1. The van der Waals surface area contributed by atoms with Crippen molar-refractivity contribution in [3.8, 4) is 0 Å². The smallest absolute Gasteiger partial charge is 0.243 e. The van der Waals surface area contributed by atoms with E-state index in [0.717, 1.165) is 30.5 Å². The number of benzene rings is 3. The summed E-state index contributed by atoms with van der Waals surface area (Å²) in [6.07, 6.45) is 2.81. The van der Waals surface area contributed by atoms with Crippen molar-refractivity contribution in [2.45, 2.75) is 30.7 Å². The van der Waals surface area contributed by atoms with Gasteiger partial charge in [0.05, 0.1) is 4.90 Å². The van der Waals surface area contributed by atoms with E-state index in [9.17, 15) is 8.42 Å². The highest BCUT2D eigenvalue weighted by Crippen LogP contribution is 2.27. The minimum atomic E-state index is -3.46. The average molecular weight is 455 g/mol. The Kier molecular flexibility index (Phi) is 6.96. The Labute approximate surface area is 189 Å². The zero-order valence-corrected chi connectivity index (χ0v) is 18.9. The maximum Gasteiger partial charge on any atom is 0.243 e. The van der Waals surface area contributed by atoms with Gasteiger partial charge in [-0.2, -0.15) is 4.31 Å². The maximum absolute atomic E-state index is 13.1. The van der Waals surface area contributed by atoms with Crippen LogP contribution in [-0.4, -0.2) is 25.8 Å². The van der Waals surface area contributed by atoms with E-state index in [2.05, 4.69) is 29.6 Å². The lowest BCUT2D eigenvalue weighted by molar-refractivity contribution is 0.273. The number of sulfonamides is 1. The van der Waals surface area contributed by atoms with Crippen molar-refractivity contribution in [2.24, 2.45) is 5.92 Å². The van der Waals surface area contributed by atoms with Crippen LogP contribution in [-0.2, 0) is 23.0 Å². The number of nitrogens with zero attached hydrogens (tertiary/aromatic N) is 1. The van der Waals surface area contributed by atoms with Crippen LogP contribution in [0.5, 0.6) is 0 Å². The van der Waals surface area contributed by atoms with E-state index in [1.807, 2.05) is 42.5 Å². The number of nitrogens with one attached hydrogen (secondary N) is 1. The van der Waals surface area contributed by atoms with E-state index >= 15 is 0 Å². The van der Waals surface area contributed by atoms with Gasteiger partial charge in [-0.25, -0.2) is 8.42 Å². The summed E-state index contributed by atoms with van der Waals surface area (Å²) in [7, 11) is -3.46. The van der Waals surface area contributed by atoms with Crippen molar-refractivity contribution < 1.29 is 8.42 Å². The van der Waals surface area contributed by atoms with Gasteiger partial charge in [-0.3, -0.25) is 0 Å². The topological polar surface area (TPSA) is 49.4 Å². The molecule has 1 aliphatic rings. The van der Waals surface area contributed by atoms with E-state index in [1.54, 1.807) is 16.4 Å². The number of hydrogen-bond donors (Lipinski definition) is 1. The van der Waals surface area contributed by atoms with Crippen LogP contribution in [0.15, 0.2) is 83.8 Å². The van der Waals surface area contributed by atoms with Crippen LogP contribution in [0.1, 0.15) is 24.0 Å². The van der Waals surface area contributed by atoms with Crippen LogP contribution in [0, 0.1) is 5.92 Å². The third-order valence-electron chi connectivity index (χ3n) is 5.84.